The number of nitrogen functional groups attached to an aromatic ring is 1. The molecule has 0 atom stereocenters. The number of rotatable bonds is 2. The van der Waals surface area contributed by atoms with Gasteiger partial charge in [0.15, 0.2) is 17.3 Å². The molecule has 0 bridgehead atoms. The van der Waals surface area contributed by atoms with E-state index >= 15 is 0 Å². The van der Waals surface area contributed by atoms with E-state index in [2.05, 4.69) is 14.9 Å². The van der Waals surface area contributed by atoms with Crippen molar-refractivity contribution >= 4 is 28.9 Å². The van der Waals surface area contributed by atoms with Gasteiger partial charge in [-0.25, -0.2) is 14.1 Å². The minimum Gasteiger partial charge on any atom is -0.379 e. The predicted molar refractivity (Wildman–Crippen MR) is 61.2 cm³/mol. The minimum absolute atomic E-state index is 0.0776. The minimum atomic E-state index is -0.636. The van der Waals surface area contributed by atoms with Crippen LogP contribution in [-0.4, -0.2) is 21.4 Å². The first-order valence-electron chi connectivity index (χ1n) is 4.61. The van der Waals surface area contributed by atoms with Gasteiger partial charge in [0.25, 0.3) is 0 Å². The maximum Gasteiger partial charge on any atom is 0.199 e. The zero-order chi connectivity index (χ0) is 13.3. The van der Waals surface area contributed by atoms with Crippen molar-refractivity contribution in [2.75, 3.05) is 10.8 Å². The van der Waals surface area contributed by atoms with Crippen molar-refractivity contribution in [2.45, 2.75) is 0 Å². The Bertz CT molecular complexity index is 602. The van der Waals surface area contributed by atoms with Crippen molar-refractivity contribution in [3.63, 3.8) is 0 Å². The van der Waals surface area contributed by atoms with Crippen LogP contribution in [0.4, 0.5) is 15.9 Å². The first-order valence-corrected chi connectivity index (χ1v) is 4.99. The zero-order valence-electron chi connectivity index (χ0n) is 8.76. The van der Waals surface area contributed by atoms with Gasteiger partial charge in [-0.15, -0.1) is 0 Å². The molecule has 0 unspecified atom stereocenters. The molecule has 94 valence electrons. The first-order chi connectivity index (χ1) is 8.50. The van der Waals surface area contributed by atoms with E-state index in [4.69, 9.17) is 22.7 Å². The number of amidine groups is 1. The summed E-state index contributed by atoms with van der Waals surface area (Å²) in [5.74, 6) is -1.26. The van der Waals surface area contributed by atoms with Gasteiger partial charge in [-0.3, -0.25) is 10.6 Å². The Labute approximate surface area is 105 Å². The molecular formula is C9H7ClFN5O2. The molecule has 0 saturated carbocycles. The third-order valence-corrected chi connectivity index (χ3v) is 2.39. The average molecular weight is 272 g/mol. The summed E-state index contributed by atoms with van der Waals surface area (Å²) in [6.07, 6.45) is 0. The summed E-state index contributed by atoms with van der Waals surface area (Å²) < 4.78 is 17.3. The molecule has 2 rings (SSSR count). The molecule has 18 heavy (non-hydrogen) atoms. The Hall–Kier alpha value is -2.19. The molecule has 0 fully saturated rings. The van der Waals surface area contributed by atoms with E-state index in [9.17, 15) is 9.60 Å². The van der Waals surface area contributed by atoms with Crippen LogP contribution in [0.5, 0.6) is 0 Å². The van der Waals surface area contributed by atoms with Gasteiger partial charge < -0.3 is 5.73 Å². The fraction of sp³-hybridized carbons (Fsp3) is 0. The second kappa shape index (κ2) is 4.59. The fourth-order valence-corrected chi connectivity index (χ4v) is 1.38. The number of nitrogens with one attached hydrogen (secondary N) is 1. The van der Waals surface area contributed by atoms with Crippen LogP contribution in [0, 0.1) is 11.2 Å². The first kappa shape index (κ1) is 12.3. The number of benzene rings is 1. The SMILES string of the molecule is N=C(c1nonc1N)N(O)c1ccc(F)c(Cl)c1. The zero-order valence-corrected chi connectivity index (χ0v) is 9.52. The number of hydrogen-bond acceptors (Lipinski definition) is 6. The number of halogens is 2. The standard InChI is InChI=1S/C9H7ClFN5O2/c10-5-3-4(1-2-6(5)11)16(17)9(13)7-8(12)15-18-14-7/h1-3,13,17H,(H2,12,15). The van der Waals surface area contributed by atoms with Gasteiger partial charge in [-0.1, -0.05) is 11.6 Å². The quantitative estimate of drug-likeness (QED) is 0.435. The molecule has 0 aliphatic rings. The Kier molecular flexibility index (Phi) is 3.13. The van der Waals surface area contributed by atoms with Crippen molar-refractivity contribution in [1.29, 1.82) is 5.41 Å². The van der Waals surface area contributed by atoms with Crippen molar-refractivity contribution < 1.29 is 14.2 Å². The van der Waals surface area contributed by atoms with Crippen LogP contribution in [-0.2, 0) is 0 Å². The lowest BCUT2D eigenvalue weighted by atomic mass is 10.3. The highest BCUT2D eigenvalue weighted by Crippen LogP contribution is 2.23. The monoisotopic (exact) mass is 271 g/mol. The number of anilines is 2. The Balaban J connectivity index is 2.31. The van der Waals surface area contributed by atoms with E-state index in [1.54, 1.807) is 0 Å². The maximum atomic E-state index is 13.0. The van der Waals surface area contributed by atoms with E-state index in [1.807, 2.05) is 0 Å². The third kappa shape index (κ3) is 2.11. The molecule has 1 heterocycles. The van der Waals surface area contributed by atoms with Crippen LogP contribution in [0.3, 0.4) is 0 Å². The summed E-state index contributed by atoms with van der Waals surface area (Å²) in [4.78, 5) is 0. The third-order valence-electron chi connectivity index (χ3n) is 2.10. The van der Waals surface area contributed by atoms with Crippen LogP contribution in [0.15, 0.2) is 22.8 Å². The summed E-state index contributed by atoms with van der Waals surface area (Å²) in [7, 11) is 0. The molecule has 0 spiro atoms. The molecule has 1 aromatic carbocycles. The van der Waals surface area contributed by atoms with Crippen molar-refractivity contribution in [3.05, 3.63) is 34.7 Å². The molecule has 0 aliphatic heterocycles. The van der Waals surface area contributed by atoms with Crippen LogP contribution in [0.25, 0.3) is 0 Å². The van der Waals surface area contributed by atoms with E-state index < -0.39 is 11.7 Å². The number of nitrogens with zero attached hydrogens (tertiary/aromatic N) is 3. The van der Waals surface area contributed by atoms with Crippen LogP contribution in [0.1, 0.15) is 5.69 Å². The van der Waals surface area contributed by atoms with Gasteiger partial charge in [0.2, 0.25) is 0 Å². The van der Waals surface area contributed by atoms with Crippen molar-refractivity contribution in [1.82, 2.24) is 10.3 Å². The maximum absolute atomic E-state index is 13.0. The van der Waals surface area contributed by atoms with E-state index in [0.717, 1.165) is 12.1 Å². The lowest BCUT2D eigenvalue weighted by Gasteiger charge is -2.16. The van der Waals surface area contributed by atoms with Gasteiger partial charge in [0.05, 0.1) is 10.7 Å². The molecule has 0 saturated heterocycles. The van der Waals surface area contributed by atoms with E-state index in [-0.39, 0.29) is 22.2 Å². The van der Waals surface area contributed by atoms with Gasteiger partial charge in [-0.2, -0.15) is 0 Å². The largest absolute Gasteiger partial charge is 0.379 e. The van der Waals surface area contributed by atoms with Gasteiger partial charge in [0, 0.05) is 0 Å². The molecule has 0 radical (unpaired) electrons. The summed E-state index contributed by atoms with van der Waals surface area (Å²) >= 11 is 5.56. The predicted octanol–water partition coefficient (Wildman–Crippen LogP) is 1.67. The summed E-state index contributed by atoms with van der Waals surface area (Å²) in [5, 5.41) is 24.3. The molecule has 0 amide bonds. The number of hydrogen-bond donors (Lipinski definition) is 3. The lowest BCUT2D eigenvalue weighted by Crippen LogP contribution is -2.28. The second-order valence-corrected chi connectivity index (χ2v) is 3.66. The van der Waals surface area contributed by atoms with Crippen LogP contribution in [0.2, 0.25) is 5.02 Å². The molecule has 7 nitrogen and oxygen atoms in total. The number of hydroxylamine groups is 1. The summed E-state index contributed by atoms with van der Waals surface area (Å²) in [6.45, 7) is 0. The topological polar surface area (TPSA) is 112 Å². The van der Waals surface area contributed by atoms with Crippen LogP contribution < -0.4 is 10.8 Å². The Morgan fingerprint density at radius 1 is 1.50 bits per heavy atom. The van der Waals surface area contributed by atoms with Crippen molar-refractivity contribution in [3.8, 4) is 0 Å². The summed E-state index contributed by atoms with van der Waals surface area (Å²) in [6, 6.07) is 3.44. The second-order valence-electron chi connectivity index (χ2n) is 3.26. The molecule has 9 heteroatoms. The molecule has 4 N–H and O–H groups in total. The normalized spacial score (nSPS) is 10.4. The lowest BCUT2D eigenvalue weighted by molar-refractivity contribution is 0.300. The van der Waals surface area contributed by atoms with E-state index in [0.29, 0.717) is 5.06 Å². The van der Waals surface area contributed by atoms with Gasteiger partial charge >= 0.3 is 0 Å². The van der Waals surface area contributed by atoms with Gasteiger partial charge in [-0.05, 0) is 28.5 Å². The molecule has 0 aliphatic carbocycles. The molecule has 1 aromatic heterocycles. The molecular weight excluding hydrogens is 265 g/mol. The van der Waals surface area contributed by atoms with Crippen LogP contribution >= 0.6 is 11.6 Å². The smallest absolute Gasteiger partial charge is 0.199 e. The Morgan fingerprint density at radius 3 is 2.78 bits per heavy atom. The summed E-state index contributed by atoms with van der Waals surface area (Å²) in [5.41, 5.74) is 5.32. The van der Waals surface area contributed by atoms with E-state index in [1.165, 1.54) is 6.07 Å². The Morgan fingerprint density at radius 2 is 2.22 bits per heavy atom. The van der Waals surface area contributed by atoms with Gasteiger partial charge in [0.1, 0.15) is 5.82 Å². The highest BCUT2D eigenvalue weighted by atomic mass is 35.5. The fourth-order valence-electron chi connectivity index (χ4n) is 1.21. The number of nitrogens with two attached hydrogens (primary N) is 1. The molecule has 2 aromatic rings. The average Bonchev–Trinajstić information content (AvgIpc) is 2.77. The van der Waals surface area contributed by atoms with Crippen molar-refractivity contribution in [2.24, 2.45) is 0 Å². The highest BCUT2D eigenvalue weighted by Gasteiger charge is 2.19. The highest BCUT2D eigenvalue weighted by molar-refractivity contribution is 6.31. The number of aromatic nitrogens is 2.